The SMILES string of the molecule is Cc1cccc(N(Cc2nc3nc(C)cc(C)n3n2)C(=O)c2ccc(F)cc2)c1. The highest BCUT2D eigenvalue weighted by Crippen LogP contribution is 2.21. The summed E-state index contributed by atoms with van der Waals surface area (Å²) in [7, 11) is 0. The van der Waals surface area contributed by atoms with E-state index < -0.39 is 0 Å². The molecule has 0 N–H and O–H groups in total. The average Bonchev–Trinajstić information content (AvgIpc) is 3.09. The molecule has 0 radical (unpaired) electrons. The second kappa shape index (κ2) is 7.43. The maximum absolute atomic E-state index is 13.3. The maximum Gasteiger partial charge on any atom is 0.258 e. The summed E-state index contributed by atoms with van der Waals surface area (Å²) in [6, 6.07) is 15.1. The Kier molecular flexibility index (Phi) is 4.80. The number of amides is 1. The predicted octanol–water partition coefficient (Wildman–Crippen LogP) is 4.04. The lowest BCUT2D eigenvalue weighted by molar-refractivity contribution is 0.0984. The average molecular weight is 389 g/mol. The van der Waals surface area contributed by atoms with Crippen LogP contribution in [0, 0.1) is 26.6 Å². The van der Waals surface area contributed by atoms with Crippen molar-refractivity contribution in [2.45, 2.75) is 27.3 Å². The van der Waals surface area contributed by atoms with Gasteiger partial charge in [-0.2, -0.15) is 4.98 Å². The topological polar surface area (TPSA) is 63.4 Å². The van der Waals surface area contributed by atoms with Crippen molar-refractivity contribution in [1.82, 2.24) is 19.6 Å². The van der Waals surface area contributed by atoms with E-state index in [4.69, 9.17) is 0 Å². The lowest BCUT2D eigenvalue weighted by Crippen LogP contribution is -2.31. The first kappa shape index (κ1) is 18.7. The fourth-order valence-corrected chi connectivity index (χ4v) is 3.24. The van der Waals surface area contributed by atoms with Crippen LogP contribution in [0.1, 0.15) is 33.1 Å². The summed E-state index contributed by atoms with van der Waals surface area (Å²) < 4.78 is 15.0. The molecule has 7 heteroatoms. The number of fused-ring (bicyclic) bond motifs is 1. The summed E-state index contributed by atoms with van der Waals surface area (Å²) in [5.74, 6) is 0.331. The third-order valence-corrected chi connectivity index (χ3v) is 4.61. The number of aromatic nitrogens is 4. The van der Waals surface area contributed by atoms with E-state index in [1.54, 1.807) is 9.42 Å². The molecule has 0 unspecified atom stereocenters. The lowest BCUT2D eigenvalue weighted by Gasteiger charge is -2.22. The molecule has 0 aliphatic rings. The molecule has 4 aromatic rings. The van der Waals surface area contributed by atoms with Gasteiger partial charge in [0.05, 0.1) is 6.54 Å². The van der Waals surface area contributed by atoms with Gasteiger partial charge in [0.1, 0.15) is 5.82 Å². The van der Waals surface area contributed by atoms with Crippen molar-refractivity contribution in [3.05, 3.63) is 88.8 Å². The van der Waals surface area contributed by atoms with E-state index in [2.05, 4.69) is 15.1 Å². The fraction of sp³-hybridized carbons (Fsp3) is 0.182. The zero-order valence-corrected chi connectivity index (χ0v) is 16.4. The Labute approximate surface area is 167 Å². The van der Waals surface area contributed by atoms with E-state index in [-0.39, 0.29) is 18.3 Å². The van der Waals surface area contributed by atoms with Crippen molar-refractivity contribution < 1.29 is 9.18 Å². The smallest absolute Gasteiger partial charge is 0.258 e. The number of rotatable bonds is 4. The number of benzene rings is 2. The molecule has 2 heterocycles. The third kappa shape index (κ3) is 3.85. The van der Waals surface area contributed by atoms with Gasteiger partial charge >= 0.3 is 0 Å². The molecule has 29 heavy (non-hydrogen) atoms. The second-order valence-electron chi connectivity index (χ2n) is 7.02. The molecule has 0 fully saturated rings. The first-order valence-electron chi connectivity index (χ1n) is 9.25. The summed E-state index contributed by atoms with van der Waals surface area (Å²) in [4.78, 5) is 23.7. The molecular weight excluding hydrogens is 369 g/mol. The lowest BCUT2D eigenvalue weighted by atomic mass is 10.1. The first-order chi connectivity index (χ1) is 13.9. The molecular formula is C22H20FN5O. The number of carbonyl (C=O) groups is 1. The van der Waals surface area contributed by atoms with Crippen LogP contribution < -0.4 is 4.90 Å². The van der Waals surface area contributed by atoms with Crippen LogP contribution in [0.5, 0.6) is 0 Å². The molecule has 0 atom stereocenters. The van der Waals surface area contributed by atoms with Gasteiger partial charge in [0, 0.05) is 22.6 Å². The monoisotopic (exact) mass is 389 g/mol. The number of carbonyl (C=O) groups excluding carboxylic acids is 1. The number of hydrogen-bond donors (Lipinski definition) is 0. The number of halogens is 1. The summed E-state index contributed by atoms with van der Waals surface area (Å²) in [6.45, 7) is 5.96. The van der Waals surface area contributed by atoms with Crippen LogP contribution in [0.2, 0.25) is 0 Å². The Bertz CT molecular complexity index is 1200. The molecule has 6 nitrogen and oxygen atoms in total. The van der Waals surface area contributed by atoms with E-state index in [0.29, 0.717) is 17.2 Å². The molecule has 1 amide bonds. The highest BCUT2D eigenvalue weighted by molar-refractivity contribution is 6.06. The van der Waals surface area contributed by atoms with Crippen molar-refractivity contribution >= 4 is 17.4 Å². The van der Waals surface area contributed by atoms with Crippen LogP contribution in [-0.4, -0.2) is 25.5 Å². The molecule has 0 saturated carbocycles. The van der Waals surface area contributed by atoms with Crippen molar-refractivity contribution in [2.24, 2.45) is 0 Å². The predicted molar refractivity (Wildman–Crippen MR) is 108 cm³/mol. The number of nitrogens with zero attached hydrogens (tertiary/aromatic N) is 5. The van der Waals surface area contributed by atoms with Gasteiger partial charge in [-0.15, -0.1) is 5.10 Å². The summed E-state index contributed by atoms with van der Waals surface area (Å²) in [5, 5.41) is 4.52. The Morgan fingerprint density at radius 3 is 2.52 bits per heavy atom. The van der Waals surface area contributed by atoms with Gasteiger partial charge in [-0.1, -0.05) is 12.1 Å². The van der Waals surface area contributed by atoms with Crippen molar-refractivity contribution in [1.29, 1.82) is 0 Å². The zero-order chi connectivity index (χ0) is 20.5. The number of anilines is 1. The van der Waals surface area contributed by atoms with Crippen molar-refractivity contribution in [2.75, 3.05) is 4.90 Å². The minimum Gasteiger partial charge on any atom is -0.301 e. The van der Waals surface area contributed by atoms with Crippen molar-refractivity contribution in [3.63, 3.8) is 0 Å². The van der Waals surface area contributed by atoms with E-state index in [9.17, 15) is 9.18 Å². The fourth-order valence-electron chi connectivity index (χ4n) is 3.24. The summed E-state index contributed by atoms with van der Waals surface area (Å²) in [5.41, 5.74) is 3.90. The maximum atomic E-state index is 13.3. The standard InChI is InChI=1S/C22H20FN5O/c1-14-5-4-6-19(11-14)27(21(29)17-7-9-18(23)10-8-17)13-20-25-22-24-15(2)12-16(3)28(22)26-20/h4-12H,13H2,1-3H3. The molecule has 2 aromatic carbocycles. The Morgan fingerprint density at radius 2 is 1.79 bits per heavy atom. The summed E-state index contributed by atoms with van der Waals surface area (Å²) >= 11 is 0. The van der Waals surface area contributed by atoms with Crippen LogP contribution in [0.15, 0.2) is 54.6 Å². The van der Waals surface area contributed by atoms with E-state index in [1.807, 2.05) is 51.1 Å². The molecule has 0 saturated heterocycles. The van der Waals surface area contributed by atoms with E-state index in [0.717, 1.165) is 22.6 Å². The molecule has 0 spiro atoms. The Balaban J connectivity index is 1.75. The Morgan fingerprint density at radius 1 is 1.03 bits per heavy atom. The van der Waals surface area contributed by atoms with Crippen LogP contribution in [0.3, 0.4) is 0 Å². The summed E-state index contributed by atoms with van der Waals surface area (Å²) in [6.07, 6.45) is 0. The minimum absolute atomic E-state index is 0.168. The Hall–Kier alpha value is -3.61. The van der Waals surface area contributed by atoms with Gasteiger partial charge in [0.25, 0.3) is 11.7 Å². The highest BCUT2D eigenvalue weighted by atomic mass is 19.1. The minimum atomic E-state index is -0.386. The third-order valence-electron chi connectivity index (χ3n) is 4.61. The van der Waals surface area contributed by atoms with Crippen LogP contribution in [0.25, 0.3) is 5.78 Å². The van der Waals surface area contributed by atoms with Gasteiger partial charge in [0.15, 0.2) is 5.82 Å². The van der Waals surface area contributed by atoms with Crippen LogP contribution in [0.4, 0.5) is 10.1 Å². The quantitative estimate of drug-likeness (QED) is 0.529. The highest BCUT2D eigenvalue weighted by Gasteiger charge is 2.21. The molecule has 146 valence electrons. The van der Waals surface area contributed by atoms with Gasteiger partial charge in [-0.3, -0.25) is 4.79 Å². The molecule has 0 bridgehead atoms. The van der Waals surface area contributed by atoms with Crippen LogP contribution in [-0.2, 0) is 6.54 Å². The van der Waals surface area contributed by atoms with Crippen LogP contribution >= 0.6 is 0 Å². The van der Waals surface area contributed by atoms with Gasteiger partial charge in [0.2, 0.25) is 0 Å². The zero-order valence-electron chi connectivity index (χ0n) is 16.4. The molecule has 0 aliphatic heterocycles. The normalized spacial score (nSPS) is 11.0. The van der Waals surface area contributed by atoms with Gasteiger partial charge in [-0.25, -0.2) is 13.9 Å². The van der Waals surface area contributed by atoms with Crippen molar-refractivity contribution in [3.8, 4) is 0 Å². The van der Waals surface area contributed by atoms with E-state index >= 15 is 0 Å². The van der Waals surface area contributed by atoms with Gasteiger partial charge in [-0.05, 0) is 68.8 Å². The number of hydrogen-bond acceptors (Lipinski definition) is 4. The first-order valence-corrected chi connectivity index (χ1v) is 9.25. The largest absolute Gasteiger partial charge is 0.301 e. The number of aryl methyl sites for hydroxylation is 3. The second-order valence-corrected chi connectivity index (χ2v) is 7.02. The molecule has 2 aromatic heterocycles. The van der Waals surface area contributed by atoms with E-state index in [1.165, 1.54) is 24.3 Å². The molecule has 4 rings (SSSR count). The van der Waals surface area contributed by atoms with Gasteiger partial charge < -0.3 is 4.90 Å². The molecule has 0 aliphatic carbocycles.